The Labute approximate surface area is 116 Å². The van der Waals surface area contributed by atoms with Crippen molar-refractivity contribution in [3.63, 3.8) is 0 Å². The van der Waals surface area contributed by atoms with Crippen molar-refractivity contribution >= 4 is 23.2 Å². The molecule has 2 rings (SSSR count). The summed E-state index contributed by atoms with van der Waals surface area (Å²) >= 11 is 12.1. The van der Waals surface area contributed by atoms with E-state index in [9.17, 15) is 0 Å². The fourth-order valence-corrected chi connectivity index (χ4v) is 2.20. The van der Waals surface area contributed by atoms with Gasteiger partial charge in [0.15, 0.2) is 0 Å². The van der Waals surface area contributed by atoms with Crippen LogP contribution in [0, 0.1) is 0 Å². The first-order chi connectivity index (χ1) is 8.60. The van der Waals surface area contributed by atoms with E-state index in [0.717, 1.165) is 11.1 Å². The molecule has 0 radical (unpaired) electrons. The molecule has 0 fully saturated rings. The van der Waals surface area contributed by atoms with Gasteiger partial charge < -0.3 is 0 Å². The molecule has 6 heteroatoms. The highest BCUT2D eigenvalue weighted by molar-refractivity contribution is 6.33. The molecule has 96 valence electrons. The number of rotatable bonds is 4. The molecule has 0 aliphatic heterocycles. The van der Waals surface area contributed by atoms with E-state index in [1.165, 1.54) is 0 Å². The van der Waals surface area contributed by atoms with Crippen LogP contribution in [-0.2, 0) is 13.5 Å². The summed E-state index contributed by atoms with van der Waals surface area (Å²) in [6.45, 7) is 0. The Morgan fingerprint density at radius 1 is 1.44 bits per heavy atom. The summed E-state index contributed by atoms with van der Waals surface area (Å²) in [6, 6.07) is 5.36. The first-order valence-corrected chi connectivity index (χ1v) is 6.24. The van der Waals surface area contributed by atoms with Crippen molar-refractivity contribution in [3.05, 3.63) is 51.8 Å². The number of aryl methyl sites for hydroxylation is 1. The van der Waals surface area contributed by atoms with E-state index >= 15 is 0 Å². The van der Waals surface area contributed by atoms with Crippen LogP contribution in [0.15, 0.2) is 30.6 Å². The fraction of sp³-hybridized carbons (Fsp3) is 0.250. The Balaban J connectivity index is 2.22. The molecule has 0 aliphatic carbocycles. The lowest BCUT2D eigenvalue weighted by Gasteiger charge is -2.15. The van der Waals surface area contributed by atoms with E-state index in [2.05, 4.69) is 10.5 Å². The van der Waals surface area contributed by atoms with Crippen molar-refractivity contribution < 1.29 is 0 Å². The Kier molecular flexibility index (Phi) is 4.24. The minimum atomic E-state index is -0.0466. The van der Waals surface area contributed by atoms with Crippen LogP contribution in [0.4, 0.5) is 0 Å². The number of hydrogen-bond acceptors (Lipinski definition) is 3. The van der Waals surface area contributed by atoms with Crippen LogP contribution in [0.5, 0.6) is 0 Å². The van der Waals surface area contributed by atoms with Gasteiger partial charge >= 0.3 is 0 Å². The van der Waals surface area contributed by atoms with Gasteiger partial charge in [0.05, 0.1) is 12.2 Å². The van der Waals surface area contributed by atoms with Crippen molar-refractivity contribution in [2.24, 2.45) is 12.9 Å². The van der Waals surface area contributed by atoms with E-state index in [1.807, 2.05) is 19.3 Å². The van der Waals surface area contributed by atoms with Gasteiger partial charge in [0.25, 0.3) is 0 Å². The molecular weight excluding hydrogens is 271 g/mol. The van der Waals surface area contributed by atoms with Crippen LogP contribution in [-0.4, -0.2) is 9.78 Å². The molecule has 0 saturated carbocycles. The van der Waals surface area contributed by atoms with Gasteiger partial charge in [-0.3, -0.25) is 16.0 Å². The predicted octanol–water partition coefficient (Wildman–Crippen LogP) is 2.47. The molecule has 1 heterocycles. The second-order valence-electron chi connectivity index (χ2n) is 4.11. The second kappa shape index (κ2) is 5.71. The number of nitrogens with one attached hydrogen (secondary N) is 1. The lowest BCUT2D eigenvalue weighted by molar-refractivity contribution is 0.551. The molecular formula is C12H14Cl2N4. The number of benzene rings is 1. The number of hydrogen-bond donors (Lipinski definition) is 2. The maximum Gasteiger partial charge on any atom is 0.0538 e. The average molecular weight is 285 g/mol. The van der Waals surface area contributed by atoms with Gasteiger partial charge in [-0.2, -0.15) is 5.10 Å². The minimum Gasteiger partial charge on any atom is -0.275 e. The smallest absolute Gasteiger partial charge is 0.0538 e. The fourth-order valence-electron chi connectivity index (χ4n) is 1.81. The average Bonchev–Trinajstić information content (AvgIpc) is 2.77. The quantitative estimate of drug-likeness (QED) is 0.670. The van der Waals surface area contributed by atoms with Gasteiger partial charge in [-0.15, -0.1) is 0 Å². The van der Waals surface area contributed by atoms with Gasteiger partial charge in [-0.05, 0) is 30.2 Å². The molecule has 1 aromatic heterocycles. The summed E-state index contributed by atoms with van der Waals surface area (Å²) in [7, 11) is 1.86. The Morgan fingerprint density at radius 3 is 2.83 bits per heavy atom. The summed E-state index contributed by atoms with van der Waals surface area (Å²) < 4.78 is 1.74. The Morgan fingerprint density at radius 2 is 2.22 bits per heavy atom. The summed E-state index contributed by atoms with van der Waals surface area (Å²) in [5, 5.41) is 5.48. The minimum absolute atomic E-state index is 0.0466. The molecule has 1 atom stereocenters. The van der Waals surface area contributed by atoms with Crippen LogP contribution in [0.1, 0.15) is 17.2 Å². The summed E-state index contributed by atoms with van der Waals surface area (Å²) in [5.74, 6) is 5.59. The second-order valence-corrected chi connectivity index (χ2v) is 4.95. The van der Waals surface area contributed by atoms with Crippen LogP contribution >= 0.6 is 23.2 Å². The number of hydrazine groups is 1. The van der Waals surface area contributed by atoms with E-state index in [-0.39, 0.29) is 6.04 Å². The molecule has 0 saturated heterocycles. The Hall–Kier alpha value is -1.07. The van der Waals surface area contributed by atoms with Gasteiger partial charge in [-0.1, -0.05) is 23.2 Å². The molecule has 2 aromatic rings. The highest BCUT2D eigenvalue weighted by Crippen LogP contribution is 2.25. The van der Waals surface area contributed by atoms with Crippen LogP contribution in [0.3, 0.4) is 0 Å². The summed E-state index contributed by atoms with van der Waals surface area (Å²) in [5.41, 5.74) is 4.74. The normalized spacial score (nSPS) is 12.7. The molecule has 0 bridgehead atoms. The van der Waals surface area contributed by atoms with Crippen LogP contribution in [0.25, 0.3) is 0 Å². The SMILES string of the molecule is Cn1cc(C(Cc2cc(Cl)ccc2Cl)NN)cn1. The predicted molar refractivity (Wildman–Crippen MR) is 73.4 cm³/mol. The van der Waals surface area contributed by atoms with Crippen molar-refractivity contribution in [1.29, 1.82) is 0 Å². The summed E-state index contributed by atoms with van der Waals surface area (Å²) in [4.78, 5) is 0. The van der Waals surface area contributed by atoms with Gasteiger partial charge in [0.2, 0.25) is 0 Å². The van der Waals surface area contributed by atoms with E-state index < -0.39 is 0 Å². The van der Waals surface area contributed by atoms with E-state index in [1.54, 1.807) is 23.0 Å². The van der Waals surface area contributed by atoms with Crippen molar-refractivity contribution in [2.75, 3.05) is 0 Å². The largest absolute Gasteiger partial charge is 0.275 e. The van der Waals surface area contributed by atoms with Crippen LogP contribution in [0.2, 0.25) is 10.0 Å². The first kappa shape index (κ1) is 13.4. The maximum absolute atomic E-state index is 6.14. The monoisotopic (exact) mass is 284 g/mol. The highest BCUT2D eigenvalue weighted by Gasteiger charge is 2.14. The van der Waals surface area contributed by atoms with Crippen molar-refractivity contribution in [3.8, 4) is 0 Å². The number of nitrogens with two attached hydrogens (primary N) is 1. The lowest BCUT2D eigenvalue weighted by atomic mass is 10.0. The molecule has 18 heavy (non-hydrogen) atoms. The molecule has 1 aromatic carbocycles. The van der Waals surface area contributed by atoms with Gasteiger partial charge in [-0.25, -0.2) is 0 Å². The highest BCUT2D eigenvalue weighted by atomic mass is 35.5. The Bertz CT molecular complexity index is 539. The van der Waals surface area contributed by atoms with Crippen molar-refractivity contribution in [1.82, 2.24) is 15.2 Å². The first-order valence-electron chi connectivity index (χ1n) is 5.48. The lowest BCUT2D eigenvalue weighted by Crippen LogP contribution is -2.29. The maximum atomic E-state index is 6.14. The number of halogens is 2. The third-order valence-electron chi connectivity index (χ3n) is 2.76. The van der Waals surface area contributed by atoms with Gasteiger partial charge in [0.1, 0.15) is 0 Å². The molecule has 3 N–H and O–H groups in total. The van der Waals surface area contributed by atoms with E-state index in [0.29, 0.717) is 16.5 Å². The zero-order valence-corrected chi connectivity index (χ0v) is 11.4. The van der Waals surface area contributed by atoms with E-state index in [4.69, 9.17) is 29.0 Å². The molecule has 0 amide bonds. The zero-order chi connectivity index (χ0) is 13.1. The number of aromatic nitrogens is 2. The zero-order valence-electron chi connectivity index (χ0n) is 9.90. The summed E-state index contributed by atoms with van der Waals surface area (Å²) in [6.07, 6.45) is 4.35. The number of nitrogens with zero attached hydrogens (tertiary/aromatic N) is 2. The third-order valence-corrected chi connectivity index (χ3v) is 3.36. The van der Waals surface area contributed by atoms with Gasteiger partial charge in [0, 0.05) is 28.9 Å². The molecule has 1 unspecified atom stereocenters. The third kappa shape index (κ3) is 3.03. The van der Waals surface area contributed by atoms with Crippen molar-refractivity contribution in [2.45, 2.75) is 12.5 Å². The molecule has 0 aliphatic rings. The standard InChI is InChI=1S/C12H14Cl2N4/c1-18-7-9(6-16-18)12(17-15)5-8-4-10(13)2-3-11(8)14/h2-4,6-7,12,17H,5,15H2,1H3. The molecule has 4 nitrogen and oxygen atoms in total. The topological polar surface area (TPSA) is 55.9 Å². The van der Waals surface area contributed by atoms with Crippen LogP contribution < -0.4 is 11.3 Å². The molecule has 0 spiro atoms.